The van der Waals surface area contributed by atoms with Gasteiger partial charge in [0, 0.05) is 4.47 Å². The summed E-state index contributed by atoms with van der Waals surface area (Å²) >= 11 is 9.04. The van der Waals surface area contributed by atoms with E-state index in [2.05, 4.69) is 20.7 Å². The molecule has 0 fully saturated rings. The predicted octanol–water partition coefficient (Wildman–Crippen LogP) is 2.68. The Morgan fingerprint density at radius 1 is 1.47 bits per heavy atom. The van der Waals surface area contributed by atoms with Crippen LogP contribution in [0.25, 0.3) is 0 Å². The van der Waals surface area contributed by atoms with Gasteiger partial charge in [0.05, 0.1) is 11.1 Å². The first-order valence-electron chi connectivity index (χ1n) is 4.58. The van der Waals surface area contributed by atoms with Crippen LogP contribution in [-0.2, 0) is 10.0 Å². The van der Waals surface area contributed by atoms with Crippen LogP contribution in [0.15, 0.2) is 27.6 Å². The molecule has 0 saturated heterocycles. The molecular weight excluding hydrogens is 328 g/mol. The molecule has 1 N–H and O–H groups in total. The molecule has 0 saturated carbocycles. The largest absolute Gasteiger partial charge is 0.243 e. The van der Waals surface area contributed by atoms with Gasteiger partial charge in [-0.1, -0.05) is 27.5 Å². The number of nitrogens with zero attached hydrogens (tertiary/aromatic N) is 1. The molecule has 0 radical (unpaired) electrons. The fourth-order valence-electron chi connectivity index (χ4n) is 1.11. The maximum atomic E-state index is 12.0. The molecule has 0 aliphatic carbocycles. The molecule has 7 heteroatoms. The Labute approximate surface area is 114 Å². The Hall–Kier alpha value is -0.610. The summed E-state index contributed by atoms with van der Waals surface area (Å²) in [5.74, 6) is 0. The van der Waals surface area contributed by atoms with E-state index in [4.69, 9.17) is 16.9 Å². The molecule has 0 spiro atoms. The van der Waals surface area contributed by atoms with E-state index in [-0.39, 0.29) is 9.92 Å². The van der Waals surface area contributed by atoms with Crippen molar-refractivity contribution in [3.05, 3.63) is 27.7 Å². The third kappa shape index (κ3) is 3.68. The van der Waals surface area contributed by atoms with Crippen LogP contribution in [0.2, 0.25) is 5.02 Å². The van der Waals surface area contributed by atoms with E-state index < -0.39 is 15.6 Å². The second kappa shape index (κ2) is 4.94. The van der Waals surface area contributed by atoms with Crippen molar-refractivity contribution in [3.63, 3.8) is 0 Å². The van der Waals surface area contributed by atoms with Crippen molar-refractivity contribution in [1.29, 1.82) is 5.26 Å². The Morgan fingerprint density at radius 3 is 2.53 bits per heavy atom. The van der Waals surface area contributed by atoms with E-state index in [1.165, 1.54) is 26.0 Å². The molecule has 0 heterocycles. The van der Waals surface area contributed by atoms with Crippen molar-refractivity contribution < 1.29 is 8.42 Å². The number of rotatable bonds is 3. The SMILES string of the molecule is CC(C)(C#N)NS(=O)(=O)c1ccc(Br)cc1Cl. The zero-order valence-corrected chi connectivity index (χ0v) is 12.3. The van der Waals surface area contributed by atoms with E-state index >= 15 is 0 Å². The minimum absolute atomic E-state index is 0.0503. The molecule has 1 aromatic rings. The van der Waals surface area contributed by atoms with Gasteiger partial charge in [-0.2, -0.15) is 9.98 Å². The van der Waals surface area contributed by atoms with Crippen LogP contribution in [0.4, 0.5) is 0 Å². The zero-order chi connectivity index (χ0) is 13.3. The van der Waals surface area contributed by atoms with Gasteiger partial charge < -0.3 is 0 Å². The number of benzene rings is 1. The highest BCUT2D eigenvalue weighted by Gasteiger charge is 2.27. The monoisotopic (exact) mass is 336 g/mol. The predicted molar refractivity (Wildman–Crippen MR) is 69.2 cm³/mol. The van der Waals surface area contributed by atoms with E-state index in [0.717, 1.165) is 0 Å². The lowest BCUT2D eigenvalue weighted by molar-refractivity contribution is 0.536. The van der Waals surface area contributed by atoms with Crippen LogP contribution in [0.1, 0.15) is 13.8 Å². The van der Waals surface area contributed by atoms with Crippen LogP contribution >= 0.6 is 27.5 Å². The normalized spacial score (nSPS) is 12.2. The standard InChI is InChI=1S/C10H10BrClN2O2S/c1-10(2,6-13)14-17(15,16)9-4-3-7(11)5-8(9)12/h3-5,14H,1-2H3. The molecule has 0 amide bonds. The number of nitriles is 1. The number of hydrogen-bond donors (Lipinski definition) is 1. The van der Waals surface area contributed by atoms with Gasteiger partial charge in [0.15, 0.2) is 0 Å². The maximum absolute atomic E-state index is 12.0. The number of nitrogens with one attached hydrogen (secondary N) is 1. The first-order valence-corrected chi connectivity index (χ1v) is 7.24. The highest BCUT2D eigenvalue weighted by Crippen LogP contribution is 2.25. The molecule has 0 unspecified atom stereocenters. The summed E-state index contributed by atoms with van der Waals surface area (Å²) in [5.41, 5.74) is -1.19. The molecule has 0 atom stereocenters. The molecule has 0 bridgehead atoms. The Bertz CT molecular complexity index is 578. The average molecular weight is 338 g/mol. The minimum Gasteiger partial charge on any atom is -0.207 e. The summed E-state index contributed by atoms with van der Waals surface area (Å²) in [4.78, 5) is -0.0503. The first kappa shape index (κ1) is 14.5. The van der Waals surface area contributed by atoms with Gasteiger partial charge in [-0.05, 0) is 32.0 Å². The van der Waals surface area contributed by atoms with E-state index in [9.17, 15) is 8.42 Å². The van der Waals surface area contributed by atoms with E-state index in [1.807, 2.05) is 6.07 Å². The lowest BCUT2D eigenvalue weighted by Gasteiger charge is -2.18. The summed E-state index contributed by atoms with van der Waals surface area (Å²) < 4.78 is 26.9. The van der Waals surface area contributed by atoms with Gasteiger partial charge in [0.1, 0.15) is 10.4 Å². The highest BCUT2D eigenvalue weighted by molar-refractivity contribution is 9.10. The van der Waals surface area contributed by atoms with E-state index in [0.29, 0.717) is 4.47 Å². The van der Waals surface area contributed by atoms with Crippen LogP contribution in [-0.4, -0.2) is 14.0 Å². The first-order chi connectivity index (χ1) is 7.68. The van der Waals surface area contributed by atoms with Gasteiger partial charge in [0.2, 0.25) is 10.0 Å². The highest BCUT2D eigenvalue weighted by atomic mass is 79.9. The summed E-state index contributed by atoms with van der Waals surface area (Å²) in [6, 6.07) is 6.28. The second-order valence-electron chi connectivity index (χ2n) is 3.92. The Balaban J connectivity index is 3.20. The molecule has 1 rings (SSSR count). The molecule has 17 heavy (non-hydrogen) atoms. The van der Waals surface area contributed by atoms with Crippen molar-refractivity contribution in [2.24, 2.45) is 0 Å². The van der Waals surface area contributed by atoms with Crippen LogP contribution in [0.3, 0.4) is 0 Å². The van der Waals surface area contributed by atoms with Crippen molar-refractivity contribution in [3.8, 4) is 6.07 Å². The molecule has 1 aromatic carbocycles. The Kier molecular flexibility index (Phi) is 4.20. The summed E-state index contributed by atoms with van der Waals surface area (Å²) in [6.07, 6.45) is 0. The number of sulfonamides is 1. The van der Waals surface area contributed by atoms with E-state index in [1.54, 1.807) is 6.07 Å². The Morgan fingerprint density at radius 2 is 2.06 bits per heavy atom. The topological polar surface area (TPSA) is 70.0 Å². The molecule has 0 aromatic heterocycles. The van der Waals surface area contributed by atoms with Crippen LogP contribution in [0.5, 0.6) is 0 Å². The van der Waals surface area contributed by atoms with Crippen molar-refractivity contribution in [1.82, 2.24) is 4.72 Å². The third-order valence-electron chi connectivity index (χ3n) is 1.85. The maximum Gasteiger partial charge on any atom is 0.243 e. The smallest absolute Gasteiger partial charge is 0.207 e. The summed E-state index contributed by atoms with van der Waals surface area (Å²) in [5, 5.41) is 8.90. The fraction of sp³-hybridized carbons (Fsp3) is 0.300. The average Bonchev–Trinajstić information content (AvgIpc) is 2.15. The zero-order valence-electron chi connectivity index (χ0n) is 9.16. The minimum atomic E-state index is -3.80. The van der Waals surface area contributed by atoms with Gasteiger partial charge in [0.25, 0.3) is 0 Å². The molecule has 0 aliphatic rings. The van der Waals surface area contributed by atoms with Crippen LogP contribution < -0.4 is 4.72 Å². The van der Waals surface area contributed by atoms with Gasteiger partial charge >= 0.3 is 0 Å². The fourth-order valence-corrected chi connectivity index (χ4v) is 3.48. The molecule has 0 aliphatic heterocycles. The quantitative estimate of drug-likeness (QED) is 0.922. The third-order valence-corrected chi connectivity index (χ3v) is 4.48. The summed E-state index contributed by atoms with van der Waals surface area (Å²) in [7, 11) is -3.80. The molecule has 4 nitrogen and oxygen atoms in total. The lowest BCUT2D eigenvalue weighted by atomic mass is 10.1. The molecule has 92 valence electrons. The van der Waals surface area contributed by atoms with Gasteiger partial charge in [-0.25, -0.2) is 8.42 Å². The number of halogens is 2. The molecular formula is C10H10BrClN2O2S. The second-order valence-corrected chi connectivity index (χ2v) is 6.89. The van der Waals surface area contributed by atoms with Crippen LogP contribution in [0, 0.1) is 11.3 Å². The van der Waals surface area contributed by atoms with Crippen molar-refractivity contribution in [2.75, 3.05) is 0 Å². The summed E-state index contributed by atoms with van der Waals surface area (Å²) in [6.45, 7) is 2.94. The van der Waals surface area contributed by atoms with Crippen molar-refractivity contribution >= 4 is 37.6 Å². The van der Waals surface area contributed by atoms with Crippen molar-refractivity contribution in [2.45, 2.75) is 24.3 Å². The van der Waals surface area contributed by atoms with Gasteiger partial charge in [-0.3, -0.25) is 0 Å². The lowest BCUT2D eigenvalue weighted by Crippen LogP contribution is -2.42. The van der Waals surface area contributed by atoms with Gasteiger partial charge in [-0.15, -0.1) is 0 Å². The number of hydrogen-bond acceptors (Lipinski definition) is 3.